The Kier molecular flexibility index (Phi) is 6.70. The molecule has 0 aliphatic carbocycles. The highest BCUT2D eigenvalue weighted by molar-refractivity contribution is 6.07. The van der Waals surface area contributed by atoms with Crippen molar-refractivity contribution in [3.8, 4) is 0 Å². The molecule has 7 heteroatoms. The Balaban J connectivity index is 1.28. The van der Waals surface area contributed by atoms with E-state index >= 15 is 0 Å². The number of nitrogens with one attached hydrogen (secondary N) is 2. The lowest BCUT2D eigenvalue weighted by Crippen LogP contribution is -2.51. The average molecular weight is 445 g/mol. The number of rotatable bonds is 4. The topological polar surface area (TPSA) is 81.8 Å². The molecular weight excluding hydrogens is 416 g/mol. The van der Waals surface area contributed by atoms with Crippen molar-refractivity contribution >= 4 is 34.3 Å². The van der Waals surface area contributed by atoms with E-state index in [9.17, 15) is 14.4 Å². The van der Waals surface area contributed by atoms with Gasteiger partial charge in [0.25, 0.3) is 5.91 Å². The van der Waals surface area contributed by atoms with Gasteiger partial charge in [-0.3, -0.25) is 19.8 Å². The van der Waals surface area contributed by atoms with E-state index in [0.29, 0.717) is 37.4 Å². The van der Waals surface area contributed by atoms with Crippen LogP contribution in [0, 0.1) is 13.8 Å². The van der Waals surface area contributed by atoms with Crippen LogP contribution in [0.5, 0.6) is 0 Å². The van der Waals surface area contributed by atoms with Crippen LogP contribution in [0.2, 0.25) is 0 Å². The van der Waals surface area contributed by atoms with Gasteiger partial charge in [0.05, 0.1) is 6.54 Å². The van der Waals surface area contributed by atoms with Crippen LogP contribution in [0.1, 0.15) is 21.5 Å². The van der Waals surface area contributed by atoms with Crippen LogP contribution < -0.4 is 10.6 Å². The number of carbonyl (C=O) groups excluding carboxylic acids is 3. The van der Waals surface area contributed by atoms with Crippen LogP contribution in [0.3, 0.4) is 0 Å². The van der Waals surface area contributed by atoms with Gasteiger partial charge in [0.2, 0.25) is 5.91 Å². The van der Waals surface area contributed by atoms with Crippen molar-refractivity contribution in [3.63, 3.8) is 0 Å². The van der Waals surface area contributed by atoms with E-state index in [1.807, 2.05) is 84.3 Å². The van der Waals surface area contributed by atoms with E-state index in [1.54, 1.807) is 0 Å². The number of piperazine rings is 1. The fourth-order valence-electron chi connectivity index (χ4n) is 4.17. The Morgan fingerprint density at radius 1 is 0.879 bits per heavy atom. The van der Waals surface area contributed by atoms with Crippen molar-refractivity contribution in [1.29, 1.82) is 0 Å². The highest BCUT2D eigenvalue weighted by atomic mass is 16.2. The van der Waals surface area contributed by atoms with Crippen LogP contribution in [0.25, 0.3) is 10.8 Å². The minimum Gasteiger partial charge on any atom is -0.336 e. The minimum absolute atomic E-state index is 0.00347. The Hall–Kier alpha value is -3.71. The molecule has 3 aromatic rings. The van der Waals surface area contributed by atoms with E-state index in [-0.39, 0.29) is 18.4 Å². The SMILES string of the molecule is Cc1ccc(NC(=O)NC(=O)CN2CCN(C(=O)c3cccc4ccccc34)CC2)c(C)c1. The molecule has 1 heterocycles. The summed E-state index contributed by atoms with van der Waals surface area (Å²) in [6.07, 6.45) is 0. The quantitative estimate of drug-likeness (QED) is 0.645. The first kappa shape index (κ1) is 22.5. The molecule has 1 saturated heterocycles. The lowest BCUT2D eigenvalue weighted by Gasteiger charge is -2.34. The fraction of sp³-hybridized carbons (Fsp3) is 0.269. The van der Waals surface area contributed by atoms with Gasteiger partial charge in [-0.15, -0.1) is 0 Å². The van der Waals surface area contributed by atoms with Crippen molar-refractivity contribution in [2.45, 2.75) is 13.8 Å². The van der Waals surface area contributed by atoms with Gasteiger partial charge in [0.15, 0.2) is 0 Å². The lowest BCUT2D eigenvalue weighted by atomic mass is 10.0. The van der Waals surface area contributed by atoms with Crippen molar-refractivity contribution in [3.05, 3.63) is 77.4 Å². The Labute approximate surface area is 193 Å². The summed E-state index contributed by atoms with van der Waals surface area (Å²) in [5.74, 6) is -0.366. The standard InChI is InChI=1S/C26H28N4O3/c1-18-10-11-23(19(2)16-18)27-26(33)28-24(31)17-29-12-14-30(15-13-29)25(32)22-9-5-7-20-6-3-4-8-21(20)22/h3-11,16H,12-15,17H2,1-2H3,(H2,27,28,31,33). The average Bonchev–Trinajstić information content (AvgIpc) is 2.80. The van der Waals surface area contributed by atoms with Crippen molar-refractivity contribution in [1.82, 2.24) is 15.1 Å². The summed E-state index contributed by atoms with van der Waals surface area (Å²) in [5, 5.41) is 7.09. The first-order valence-corrected chi connectivity index (χ1v) is 11.1. The highest BCUT2D eigenvalue weighted by Crippen LogP contribution is 2.21. The highest BCUT2D eigenvalue weighted by Gasteiger charge is 2.24. The molecule has 33 heavy (non-hydrogen) atoms. The summed E-state index contributed by atoms with van der Waals surface area (Å²) in [5.41, 5.74) is 3.41. The third-order valence-corrected chi connectivity index (χ3v) is 5.93. The van der Waals surface area contributed by atoms with E-state index in [1.165, 1.54) is 0 Å². The van der Waals surface area contributed by atoms with Gasteiger partial charge < -0.3 is 10.2 Å². The molecule has 0 unspecified atom stereocenters. The molecule has 1 aliphatic rings. The second-order valence-corrected chi connectivity index (χ2v) is 8.42. The third-order valence-electron chi connectivity index (χ3n) is 5.93. The normalized spacial score (nSPS) is 14.2. The molecule has 1 fully saturated rings. The lowest BCUT2D eigenvalue weighted by molar-refractivity contribution is -0.121. The van der Waals surface area contributed by atoms with Gasteiger partial charge in [0, 0.05) is 37.4 Å². The molecule has 2 N–H and O–H groups in total. The Morgan fingerprint density at radius 2 is 1.61 bits per heavy atom. The molecule has 0 bridgehead atoms. The summed E-state index contributed by atoms with van der Waals surface area (Å²) in [4.78, 5) is 41.4. The van der Waals surface area contributed by atoms with Gasteiger partial charge in [-0.2, -0.15) is 0 Å². The van der Waals surface area contributed by atoms with Crippen LogP contribution in [-0.4, -0.2) is 60.4 Å². The van der Waals surface area contributed by atoms with Crippen LogP contribution >= 0.6 is 0 Å². The number of carbonyl (C=O) groups is 3. The number of benzene rings is 3. The largest absolute Gasteiger partial charge is 0.336 e. The zero-order chi connectivity index (χ0) is 23.4. The van der Waals surface area contributed by atoms with E-state index in [2.05, 4.69) is 10.6 Å². The number of urea groups is 1. The zero-order valence-corrected chi connectivity index (χ0v) is 18.9. The number of hydrogen-bond acceptors (Lipinski definition) is 4. The molecule has 0 atom stereocenters. The predicted molar refractivity (Wildman–Crippen MR) is 129 cm³/mol. The number of amides is 4. The van der Waals surface area contributed by atoms with Gasteiger partial charge in [-0.1, -0.05) is 54.1 Å². The van der Waals surface area contributed by atoms with Crippen LogP contribution in [0.4, 0.5) is 10.5 Å². The second kappa shape index (κ2) is 9.83. The molecule has 0 spiro atoms. The van der Waals surface area contributed by atoms with Gasteiger partial charge in [-0.25, -0.2) is 4.79 Å². The van der Waals surface area contributed by atoms with Gasteiger partial charge in [0.1, 0.15) is 0 Å². The zero-order valence-electron chi connectivity index (χ0n) is 18.9. The third kappa shape index (κ3) is 5.38. The summed E-state index contributed by atoms with van der Waals surface area (Å²) in [6, 6.07) is 18.8. The molecule has 1 aliphatic heterocycles. The van der Waals surface area contributed by atoms with Gasteiger partial charge >= 0.3 is 6.03 Å². The number of imide groups is 1. The summed E-state index contributed by atoms with van der Waals surface area (Å²) in [7, 11) is 0. The molecular formula is C26H28N4O3. The minimum atomic E-state index is -0.545. The first-order valence-electron chi connectivity index (χ1n) is 11.1. The number of anilines is 1. The summed E-state index contributed by atoms with van der Waals surface area (Å²) >= 11 is 0. The number of fused-ring (bicyclic) bond motifs is 1. The number of aryl methyl sites for hydroxylation is 2. The summed E-state index contributed by atoms with van der Waals surface area (Å²) in [6.45, 7) is 6.20. The molecule has 0 aromatic heterocycles. The van der Waals surface area contributed by atoms with Gasteiger partial charge in [-0.05, 0) is 42.3 Å². The van der Waals surface area contributed by atoms with E-state index in [4.69, 9.17) is 0 Å². The van der Waals surface area contributed by atoms with E-state index < -0.39 is 6.03 Å². The predicted octanol–water partition coefficient (Wildman–Crippen LogP) is 3.56. The molecule has 0 saturated carbocycles. The first-order chi connectivity index (χ1) is 15.9. The maximum absolute atomic E-state index is 13.1. The van der Waals surface area contributed by atoms with Crippen molar-refractivity contribution in [2.24, 2.45) is 0 Å². The number of hydrogen-bond donors (Lipinski definition) is 2. The summed E-state index contributed by atoms with van der Waals surface area (Å²) < 4.78 is 0. The molecule has 4 rings (SSSR count). The Bertz CT molecular complexity index is 1190. The maximum atomic E-state index is 13.1. The number of nitrogens with zero attached hydrogens (tertiary/aromatic N) is 2. The van der Waals surface area contributed by atoms with Crippen molar-refractivity contribution in [2.75, 3.05) is 38.0 Å². The van der Waals surface area contributed by atoms with E-state index in [0.717, 1.165) is 21.9 Å². The molecule has 4 amide bonds. The Morgan fingerprint density at radius 3 is 2.36 bits per heavy atom. The molecule has 0 radical (unpaired) electrons. The maximum Gasteiger partial charge on any atom is 0.325 e. The second-order valence-electron chi connectivity index (χ2n) is 8.42. The van der Waals surface area contributed by atoms with Crippen LogP contribution in [0.15, 0.2) is 60.7 Å². The van der Waals surface area contributed by atoms with Crippen molar-refractivity contribution < 1.29 is 14.4 Å². The van der Waals surface area contributed by atoms with Crippen LogP contribution in [-0.2, 0) is 4.79 Å². The monoisotopic (exact) mass is 444 g/mol. The molecule has 170 valence electrons. The molecule has 7 nitrogen and oxygen atoms in total. The smallest absolute Gasteiger partial charge is 0.325 e. The fourth-order valence-corrected chi connectivity index (χ4v) is 4.17. The molecule has 3 aromatic carbocycles.